The fraction of sp³-hybridized carbons (Fsp3) is 0.385. The first-order valence-electron chi connectivity index (χ1n) is 13.1. The summed E-state index contributed by atoms with van der Waals surface area (Å²) in [6, 6.07) is 11.7. The van der Waals surface area contributed by atoms with Crippen molar-refractivity contribution in [1.82, 2.24) is 19.9 Å². The van der Waals surface area contributed by atoms with Crippen LogP contribution in [-0.2, 0) is 29.1 Å². The number of benzene rings is 2. The van der Waals surface area contributed by atoms with Crippen molar-refractivity contribution >= 4 is 60.9 Å². The van der Waals surface area contributed by atoms with E-state index in [4.69, 9.17) is 30.5 Å². The number of nitrogens with zero attached hydrogens (tertiary/aromatic N) is 5. The van der Waals surface area contributed by atoms with Gasteiger partial charge in [-0.25, -0.2) is 4.98 Å². The first kappa shape index (κ1) is 30.4. The number of nitrogens with one attached hydrogen (secondary N) is 1. The third kappa shape index (κ3) is 8.29. The summed E-state index contributed by atoms with van der Waals surface area (Å²) in [6.45, 7) is 4.47. The quantitative estimate of drug-likeness (QED) is 0.306. The summed E-state index contributed by atoms with van der Waals surface area (Å²) in [4.78, 5) is 19.4. The molecular formula is C26H29ClN6O7S2. The number of thiazole rings is 1. The van der Waals surface area contributed by atoms with Crippen LogP contribution in [0.1, 0.15) is 0 Å². The molecule has 0 aliphatic carbocycles. The number of hydrogen-bond donors (Lipinski definition) is 2. The van der Waals surface area contributed by atoms with Crippen molar-refractivity contribution in [3.05, 3.63) is 47.7 Å². The van der Waals surface area contributed by atoms with Crippen LogP contribution in [0, 0.1) is 0 Å². The Labute approximate surface area is 251 Å². The molecule has 0 bridgehead atoms. The van der Waals surface area contributed by atoms with Crippen LogP contribution in [0.25, 0.3) is 20.8 Å². The van der Waals surface area contributed by atoms with Crippen molar-refractivity contribution in [3.63, 3.8) is 0 Å². The monoisotopic (exact) mass is 636 g/mol. The third-order valence-electron chi connectivity index (χ3n) is 6.07. The van der Waals surface area contributed by atoms with Crippen molar-refractivity contribution in [3.8, 4) is 10.6 Å². The molecule has 3 heterocycles. The van der Waals surface area contributed by atoms with Crippen molar-refractivity contribution < 1.29 is 31.9 Å². The molecule has 13 nitrogen and oxygen atoms in total. The zero-order valence-corrected chi connectivity index (χ0v) is 24.8. The summed E-state index contributed by atoms with van der Waals surface area (Å²) in [6.07, 6.45) is 0. The summed E-state index contributed by atoms with van der Waals surface area (Å²) < 4.78 is 56.9. The standard InChI is InChI=1S/C26H29ClN6O7S2/c27-24-30-25(32-26(31-24)33-7-9-37-11-13-39-15-16-40-14-12-38-10-8-33)29-20-6-5-18(42(34,35)36)17-19(20)23-28-21-3-1-2-4-22(21)41-23/h1-6,17H,7-16H2,(H,34,35,36)(H,29,30,31,32). The first-order valence-corrected chi connectivity index (χ1v) is 15.7. The normalized spacial score (nSPS) is 16.6. The second kappa shape index (κ2) is 14.4. The van der Waals surface area contributed by atoms with E-state index in [0.717, 1.165) is 10.2 Å². The van der Waals surface area contributed by atoms with Crippen LogP contribution in [0.15, 0.2) is 47.4 Å². The summed E-state index contributed by atoms with van der Waals surface area (Å²) >= 11 is 7.70. The molecule has 2 aromatic heterocycles. The van der Waals surface area contributed by atoms with Crippen molar-refractivity contribution in [2.45, 2.75) is 4.90 Å². The van der Waals surface area contributed by atoms with Crippen molar-refractivity contribution in [1.29, 1.82) is 0 Å². The van der Waals surface area contributed by atoms with E-state index in [9.17, 15) is 13.0 Å². The molecule has 4 aromatic rings. The number of ether oxygens (including phenoxy) is 4. The van der Waals surface area contributed by atoms with Crippen molar-refractivity contribution in [2.75, 3.05) is 76.2 Å². The summed E-state index contributed by atoms with van der Waals surface area (Å²) in [5, 5.41) is 3.62. The minimum Gasteiger partial charge on any atom is -0.377 e. The van der Waals surface area contributed by atoms with Crippen LogP contribution in [0.2, 0.25) is 5.28 Å². The van der Waals surface area contributed by atoms with Crippen LogP contribution in [0.5, 0.6) is 0 Å². The number of rotatable bonds is 5. The van der Waals surface area contributed by atoms with E-state index in [-0.39, 0.29) is 16.1 Å². The van der Waals surface area contributed by atoms with Gasteiger partial charge < -0.3 is 29.2 Å². The van der Waals surface area contributed by atoms with Gasteiger partial charge in [0.1, 0.15) is 5.01 Å². The predicted molar refractivity (Wildman–Crippen MR) is 158 cm³/mol. The van der Waals surface area contributed by atoms with Crippen LogP contribution in [-0.4, -0.2) is 98.9 Å². The van der Waals surface area contributed by atoms with Crippen LogP contribution >= 0.6 is 22.9 Å². The van der Waals surface area contributed by atoms with Gasteiger partial charge in [-0.2, -0.15) is 23.4 Å². The molecule has 0 amide bonds. The van der Waals surface area contributed by atoms with Gasteiger partial charge in [-0.1, -0.05) is 12.1 Å². The number of fused-ring (bicyclic) bond motifs is 1. The predicted octanol–water partition coefficient (Wildman–Crippen LogP) is 3.68. The van der Waals surface area contributed by atoms with Gasteiger partial charge in [0.2, 0.25) is 17.2 Å². The van der Waals surface area contributed by atoms with Gasteiger partial charge in [0.25, 0.3) is 10.1 Å². The van der Waals surface area contributed by atoms with E-state index in [1.165, 1.54) is 29.5 Å². The average Bonchev–Trinajstić information content (AvgIpc) is 3.39. The molecule has 16 heteroatoms. The molecule has 2 N–H and O–H groups in total. The van der Waals surface area contributed by atoms with E-state index in [1.54, 1.807) is 0 Å². The van der Waals surface area contributed by atoms with Gasteiger partial charge in [0, 0.05) is 18.7 Å². The largest absolute Gasteiger partial charge is 0.377 e. The SMILES string of the molecule is O=S(=O)(O)c1ccc(Nc2nc(Cl)nc(N3CCOCCOCCOCCOCC3)n2)c(-c2nc3ccccc3s2)c1. The minimum absolute atomic E-state index is 0.0434. The maximum absolute atomic E-state index is 11.9. The maximum Gasteiger partial charge on any atom is 0.294 e. The highest BCUT2D eigenvalue weighted by atomic mass is 35.5. The lowest BCUT2D eigenvalue weighted by molar-refractivity contribution is 0.00206. The van der Waals surface area contributed by atoms with Gasteiger partial charge in [0.05, 0.1) is 73.7 Å². The molecule has 0 saturated carbocycles. The Morgan fingerprint density at radius 1 is 0.833 bits per heavy atom. The zero-order valence-electron chi connectivity index (χ0n) is 22.4. The second-order valence-corrected chi connectivity index (χ2v) is 11.7. The minimum atomic E-state index is -4.46. The summed E-state index contributed by atoms with van der Waals surface area (Å²) in [5.74, 6) is 0.434. The van der Waals surface area contributed by atoms with Gasteiger partial charge >= 0.3 is 0 Å². The van der Waals surface area contributed by atoms with E-state index < -0.39 is 10.1 Å². The Hall–Kier alpha value is -3.02. The Kier molecular flexibility index (Phi) is 10.5. The highest BCUT2D eigenvalue weighted by Crippen LogP contribution is 2.37. The lowest BCUT2D eigenvalue weighted by Crippen LogP contribution is -2.33. The van der Waals surface area contributed by atoms with Gasteiger partial charge in [-0.15, -0.1) is 11.3 Å². The van der Waals surface area contributed by atoms with Crippen LogP contribution in [0.3, 0.4) is 0 Å². The molecule has 0 unspecified atom stereocenters. The molecule has 0 atom stereocenters. The third-order valence-corrected chi connectivity index (χ3v) is 8.15. The fourth-order valence-electron chi connectivity index (χ4n) is 4.04. The maximum atomic E-state index is 11.9. The highest BCUT2D eigenvalue weighted by molar-refractivity contribution is 7.85. The molecule has 0 spiro atoms. The van der Waals surface area contributed by atoms with E-state index in [2.05, 4.69) is 25.3 Å². The summed E-state index contributed by atoms with van der Waals surface area (Å²) in [5.41, 5.74) is 1.65. The Morgan fingerprint density at radius 2 is 1.48 bits per heavy atom. The second-order valence-electron chi connectivity index (χ2n) is 8.96. The molecule has 2 aromatic carbocycles. The molecule has 1 aliphatic heterocycles. The molecular weight excluding hydrogens is 608 g/mol. The van der Waals surface area contributed by atoms with Gasteiger partial charge in [-0.05, 0) is 41.9 Å². The van der Waals surface area contributed by atoms with Crippen LogP contribution in [0.4, 0.5) is 17.6 Å². The van der Waals surface area contributed by atoms with Gasteiger partial charge in [-0.3, -0.25) is 4.55 Å². The Bertz CT molecular complexity index is 1560. The number of hydrogen-bond acceptors (Lipinski definition) is 13. The number of halogens is 1. The van der Waals surface area contributed by atoms with Gasteiger partial charge in [0.15, 0.2) is 0 Å². The Balaban J connectivity index is 1.42. The fourth-order valence-corrected chi connectivity index (χ4v) is 5.70. The van der Waals surface area contributed by atoms with E-state index in [0.29, 0.717) is 88.2 Å². The molecule has 1 aliphatic rings. The van der Waals surface area contributed by atoms with E-state index in [1.807, 2.05) is 29.2 Å². The topological polar surface area (TPSA) is 158 Å². The number of para-hydroxylation sites is 1. The highest BCUT2D eigenvalue weighted by Gasteiger charge is 2.19. The molecule has 5 rings (SSSR count). The number of aromatic nitrogens is 4. The lowest BCUT2D eigenvalue weighted by Gasteiger charge is -2.23. The molecule has 1 saturated heterocycles. The average molecular weight is 637 g/mol. The molecule has 224 valence electrons. The lowest BCUT2D eigenvalue weighted by atomic mass is 10.2. The number of anilines is 3. The summed E-state index contributed by atoms with van der Waals surface area (Å²) in [7, 11) is -4.46. The van der Waals surface area contributed by atoms with Crippen molar-refractivity contribution in [2.24, 2.45) is 0 Å². The van der Waals surface area contributed by atoms with E-state index >= 15 is 0 Å². The van der Waals surface area contributed by atoms with Crippen LogP contribution < -0.4 is 10.2 Å². The molecule has 0 radical (unpaired) electrons. The first-order chi connectivity index (χ1) is 20.4. The molecule has 1 fully saturated rings. The molecule has 42 heavy (non-hydrogen) atoms. The Morgan fingerprint density at radius 3 is 2.12 bits per heavy atom. The zero-order chi connectivity index (χ0) is 29.4. The smallest absolute Gasteiger partial charge is 0.294 e.